The Labute approximate surface area is 133 Å². The van der Waals surface area contributed by atoms with E-state index in [2.05, 4.69) is 26.5 Å². The second kappa shape index (κ2) is 5.90. The first-order valence-corrected chi connectivity index (χ1v) is 7.90. The molecule has 5 nitrogen and oxygen atoms in total. The van der Waals surface area contributed by atoms with E-state index in [1.54, 1.807) is 11.3 Å². The van der Waals surface area contributed by atoms with Crippen molar-refractivity contribution in [1.82, 2.24) is 15.3 Å². The Morgan fingerprint density at radius 3 is 2.91 bits per heavy atom. The van der Waals surface area contributed by atoms with Crippen LogP contribution in [0.25, 0.3) is 6.08 Å². The first kappa shape index (κ1) is 14.7. The Morgan fingerprint density at radius 1 is 1.41 bits per heavy atom. The highest BCUT2D eigenvalue weighted by molar-refractivity contribution is 7.12. The van der Waals surface area contributed by atoms with Gasteiger partial charge in [-0.25, -0.2) is 5.43 Å². The van der Waals surface area contributed by atoms with Gasteiger partial charge in [0.25, 0.3) is 5.91 Å². The summed E-state index contributed by atoms with van der Waals surface area (Å²) in [4.78, 5) is 18.5. The smallest absolute Gasteiger partial charge is 0.273 e. The van der Waals surface area contributed by atoms with Crippen LogP contribution in [0.15, 0.2) is 34.3 Å². The van der Waals surface area contributed by atoms with E-state index in [0.29, 0.717) is 11.3 Å². The molecule has 0 saturated heterocycles. The molecule has 114 valence electrons. The summed E-state index contributed by atoms with van der Waals surface area (Å²) < 4.78 is 0. The zero-order chi connectivity index (χ0) is 15.7. The van der Waals surface area contributed by atoms with Crippen LogP contribution in [0.2, 0.25) is 0 Å². The van der Waals surface area contributed by atoms with E-state index < -0.39 is 0 Å². The first-order valence-electron chi connectivity index (χ1n) is 7.02. The fraction of sp³-hybridized carbons (Fsp3) is 0.250. The predicted molar refractivity (Wildman–Crippen MR) is 89.9 cm³/mol. The van der Waals surface area contributed by atoms with Gasteiger partial charge in [-0.2, -0.15) is 5.10 Å². The van der Waals surface area contributed by atoms with Crippen molar-refractivity contribution < 1.29 is 4.79 Å². The molecule has 2 aromatic heterocycles. The molecular formula is C16H18N4OS. The van der Waals surface area contributed by atoms with Crippen molar-refractivity contribution in [2.24, 2.45) is 5.10 Å². The number of thiophene rings is 1. The SMILES string of the molecule is Cc1[nH]c(C=C2C(=O)NN=C2c2cccs2)cc1CN(C)C. The average Bonchev–Trinajstić information content (AvgIpc) is 3.14. The second-order valence-corrected chi connectivity index (χ2v) is 6.50. The van der Waals surface area contributed by atoms with Crippen molar-refractivity contribution >= 4 is 29.0 Å². The maximum Gasteiger partial charge on any atom is 0.273 e. The van der Waals surface area contributed by atoms with Gasteiger partial charge in [0.2, 0.25) is 0 Å². The molecule has 1 amide bonds. The highest BCUT2D eigenvalue weighted by Crippen LogP contribution is 2.22. The molecular weight excluding hydrogens is 296 g/mol. The summed E-state index contributed by atoms with van der Waals surface area (Å²) >= 11 is 1.57. The van der Waals surface area contributed by atoms with Gasteiger partial charge in [-0.05, 0) is 50.2 Å². The van der Waals surface area contributed by atoms with Gasteiger partial charge in [0, 0.05) is 17.9 Å². The van der Waals surface area contributed by atoms with Gasteiger partial charge < -0.3 is 9.88 Å². The van der Waals surface area contributed by atoms with Crippen LogP contribution in [0, 0.1) is 6.92 Å². The predicted octanol–water partition coefficient (Wildman–Crippen LogP) is 2.36. The summed E-state index contributed by atoms with van der Waals surface area (Å²) in [6.45, 7) is 2.91. The normalized spacial score (nSPS) is 16.5. The molecule has 1 aliphatic heterocycles. The van der Waals surface area contributed by atoms with Crippen LogP contribution in [-0.2, 0) is 11.3 Å². The number of amides is 1. The fourth-order valence-corrected chi connectivity index (χ4v) is 3.16. The maximum absolute atomic E-state index is 12.0. The summed E-state index contributed by atoms with van der Waals surface area (Å²) in [6.07, 6.45) is 1.87. The zero-order valence-corrected chi connectivity index (χ0v) is 13.6. The third-order valence-corrected chi connectivity index (χ3v) is 4.33. The third kappa shape index (κ3) is 2.88. The van der Waals surface area contributed by atoms with Gasteiger partial charge in [0.05, 0.1) is 10.5 Å². The maximum atomic E-state index is 12.0. The minimum atomic E-state index is -0.162. The van der Waals surface area contributed by atoms with Crippen molar-refractivity contribution in [3.05, 3.63) is 51.0 Å². The Kier molecular flexibility index (Phi) is 3.96. The van der Waals surface area contributed by atoms with Crippen LogP contribution in [-0.4, -0.2) is 35.6 Å². The lowest BCUT2D eigenvalue weighted by atomic mass is 10.1. The van der Waals surface area contributed by atoms with Gasteiger partial charge in [-0.15, -0.1) is 11.3 Å². The Morgan fingerprint density at radius 2 is 2.23 bits per heavy atom. The van der Waals surface area contributed by atoms with Crippen LogP contribution in [0.4, 0.5) is 0 Å². The van der Waals surface area contributed by atoms with Crippen LogP contribution in [0.1, 0.15) is 21.8 Å². The van der Waals surface area contributed by atoms with Crippen molar-refractivity contribution in [3.8, 4) is 0 Å². The lowest BCUT2D eigenvalue weighted by Gasteiger charge is -2.07. The third-order valence-electron chi connectivity index (χ3n) is 3.45. The van der Waals surface area contributed by atoms with Crippen molar-refractivity contribution in [2.75, 3.05) is 14.1 Å². The van der Waals surface area contributed by atoms with E-state index >= 15 is 0 Å². The Bertz CT molecular complexity index is 753. The van der Waals surface area contributed by atoms with Crippen LogP contribution in [0.5, 0.6) is 0 Å². The lowest BCUT2D eigenvalue weighted by Crippen LogP contribution is -2.13. The lowest BCUT2D eigenvalue weighted by molar-refractivity contribution is -0.116. The number of hydrogen-bond acceptors (Lipinski definition) is 4. The van der Waals surface area contributed by atoms with Crippen molar-refractivity contribution in [2.45, 2.75) is 13.5 Å². The highest BCUT2D eigenvalue weighted by Gasteiger charge is 2.24. The first-order chi connectivity index (χ1) is 10.5. The molecule has 0 atom stereocenters. The number of aromatic nitrogens is 1. The molecule has 0 aromatic carbocycles. The number of carbonyl (C=O) groups is 1. The van der Waals surface area contributed by atoms with Crippen LogP contribution in [0.3, 0.4) is 0 Å². The minimum Gasteiger partial charge on any atom is -0.359 e. The second-order valence-electron chi connectivity index (χ2n) is 5.55. The summed E-state index contributed by atoms with van der Waals surface area (Å²) in [5.41, 5.74) is 7.12. The highest BCUT2D eigenvalue weighted by atomic mass is 32.1. The summed E-state index contributed by atoms with van der Waals surface area (Å²) in [5, 5.41) is 6.13. The van der Waals surface area contributed by atoms with Crippen molar-refractivity contribution in [3.63, 3.8) is 0 Å². The monoisotopic (exact) mass is 314 g/mol. The summed E-state index contributed by atoms with van der Waals surface area (Å²) in [7, 11) is 4.08. The molecule has 6 heteroatoms. The molecule has 3 heterocycles. The molecule has 0 fully saturated rings. The van der Waals surface area contributed by atoms with Gasteiger partial charge in [-0.3, -0.25) is 4.79 Å². The van der Waals surface area contributed by atoms with Gasteiger partial charge in [0.1, 0.15) is 5.71 Å². The van der Waals surface area contributed by atoms with Crippen LogP contribution < -0.4 is 5.43 Å². The molecule has 1 aliphatic rings. The molecule has 0 unspecified atom stereocenters. The quantitative estimate of drug-likeness (QED) is 0.851. The van der Waals surface area contributed by atoms with E-state index in [9.17, 15) is 4.79 Å². The molecule has 0 bridgehead atoms. The number of nitrogens with zero attached hydrogens (tertiary/aromatic N) is 2. The molecule has 2 N–H and O–H groups in total. The molecule has 0 saturated carbocycles. The topological polar surface area (TPSA) is 60.5 Å². The van der Waals surface area contributed by atoms with Gasteiger partial charge >= 0.3 is 0 Å². The number of aromatic amines is 1. The fourth-order valence-electron chi connectivity index (χ4n) is 2.44. The minimum absolute atomic E-state index is 0.162. The van der Waals surface area contributed by atoms with E-state index in [0.717, 1.165) is 22.8 Å². The molecule has 22 heavy (non-hydrogen) atoms. The molecule has 3 rings (SSSR count). The number of aryl methyl sites for hydroxylation is 1. The largest absolute Gasteiger partial charge is 0.359 e. The van der Waals surface area contributed by atoms with E-state index in [4.69, 9.17) is 0 Å². The number of carbonyl (C=O) groups excluding carboxylic acids is 1. The Balaban J connectivity index is 1.93. The van der Waals surface area contributed by atoms with Gasteiger partial charge in [0.15, 0.2) is 0 Å². The van der Waals surface area contributed by atoms with Crippen LogP contribution >= 0.6 is 11.3 Å². The van der Waals surface area contributed by atoms with Gasteiger partial charge in [-0.1, -0.05) is 6.07 Å². The molecule has 2 aromatic rings. The number of rotatable bonds is 4. The Hall–Kier alpha value is -2.18. The number of hydrogen-bond donors (Lipinski definition) is 2. The van der Waals surface area contributed by atoms with E-state index in [1.165, 1.54) is 5.56 Å². The number of H-pyrrole nitrogens is 1. The molecule has 0 spiro atoms. The number of hydrazone groups is 1. The standard InChI is InChI=1S/C16H18N4OS/c1-10-11(9-20(2)3)7-12(17-10)8-13-15(18-19-16(13)21)14-5-4-6-22-14/h4-8,17H,9H2,1-3H3,(H,19,21). The zero-order valence-electron chi connectivity index (χ0n) is 12.8. The summed E-state index contributed by atoms with van der Waals surface area (Å²) in [6, 6.07) is 6.01. The summed E-state index contributed by atoms with van der Waals surface area (Å²) in [5.74, 6) is -0.162. The van der Waals surface area contributed by atoms with E-state index in [1.807, 2.05) is 44.6 Å². The molecule has 0 aliphatic carbocycles. The molecule has 0 radical (unpaired) electrons. The number of nitrogens with one attached hydrogen (secondary N) is 2. The van der Waals surface area contributed by atoms with E-state index in [-0.39, 0.29) is 5.91 Å². The van der Waals surface area contributed by atoms with Crippen molar-refractivity contribution in [1.29, 1.82) is 0 Å². The average molecular weight is 314 g/mol.